The number of hydrogen-bond acceptors (Lipinski definition) is 9. The number of piperidine rings is 3. The van der Waals surface area contributed by atoms with Crippen molar-refractivity contribution in [2.75, 3.05) is 74.5 Å². The number of nitrogens with zero attached hydrogens (tertiary/aromatic N) is 7. The molecule has 11 nitrogen and oxygen atoms in total. The lowest BCUT2D eigenvalue weighted by atomic mass is 9.87. The van der Waals surface area contributed by atoms with Crippen LogP contribution in [0.25, 0.3) is 22.2 Å². The highest BCUT2D eigenvalue weighted by Crippen LogP contribution is 2.39. The van der Waals surface area contributed by atoms with Gasteiger partial charge in [-0.1, -0.05) is 36.4 Å². The van der Waals surface area contributed by atoms with Crippen LogP contribution in [0, 0.1) is 0 Å². The summed E-state index contributed by atoms with van der Waals surface area (Å²) in [6.07, 6.45) is 10.4. The average Bonchev–Trinajstić information content (AvgIpc) is 3.59. The SMILES string of the molecule is [2H]C1C=CN(c2ccc3c(C4CCN(CC5(F)CCN(C(=O)c6ccc(C7CCCN(c8cc(-c9ccccc9O)nnc8N)C7)cc6)CC5)CC4)cn(C)c3c2)[C@H]([2H])N1. The normalized spacial score (nSPS) is 23.6. The molecule has 3 aromatic carbocycles. The van der Waals surface area contributed by atoms with Gasteiger partial charge >= 0.3 is 0 Å². The van der Waals surface area contributed by atoms with Gasteiger partial charge in [-0.15, -0.1) is 10.2 Å². The first-order valence-electron chi connectivity index (χ1n) is 21.8. The number of amides is 1. The van der Waals surface area contributed by atoms with E-state index in [1.54, 1.807) is 18.2 Å². The van der Waals surface area contributed by atoms with Crippen molar-refractivity contribution in [2.24, 2.45) is 7.05 Å². The number of nitrogens with two attached hydrogens (primary N) is 1. The van der Waals surface area contributed by atoms with Gasteiger partial charge in [0.25, 0.3) is 5.91 Å². The van der Waals surface area contributed by atoms with E-state index in [0.29, 0.717) is 61.0 Å². The number of phenolic OH excluding ortho intramolecular Hbond substituents is 1. The Bertz CT molecular complexity index is 2380. The van der Waals surface area contributed by atoms with E-state index in [0.717, 1.165) is 74.3 Å². The number of fused-ring (bicyclic) bond motifs is 1. The van der Waals surface area contributed by atoms with Crippen LogP contribution in [0.2, 0.25) is 0 Å². The standard InChI is InChI=1S/C46H54FN9O2/c1-52-29-39(37-14-13-36(26-41(37)52)56-21-5-19-49-31-56)33-15-22-53(23-16-33)30-46(47)17-24-54(25-18-46)45(58)34-11-9-32(10-12-34)35-6-4-20-55(28-35)42-27-40(50-51-44(42)48)38-7-2-3-8-43(38)57/h2-3,5,7-14,21,26-27,29,33,35,49,57H,4,6,15-20,22-25,28,30-31H2,1H3,(H2,48,51)/i19D,31D/t19?,31-,35?/m1/s1. The largest absolute Gasteiger partial charge is 0.507 e. The van der Waals surface area contributed by atoms with E-state index in [4.69, 9.17) is 8.48 Å². The summed E-state index contributed by atoms with van der Waals surface area (Å²) in [6, 6.07) is 23.2. The fourth-order valence-corrected chi connectivity index (χ4v) is 9.49. The molecular formula is C46H54FN9O2. The van der Waals surface area contributed by atoms with Crippen LogP contribution in [0.3, 0.4) is 0 Å². The molecule has 6 heterocycles. The quantitative estimate of drug-likeness (QED) is 0.153. The molecule has 2 unspecified atom stereocenters. The number of carbonyl (C=O) groups excluding carboxylic acids is 1. The number of phenols is 1. The second-order valence-electron chi connectivity index (χ2n) is 16.5. The zero-order valence-electron chi connectivity index (χ0n) is 35.1. The minimum atomic E-state index is -1.32. The van der Waals surface area contributed by atoms with Crippen molar-refractivity contribution in [1.82, 2.24) is 29.9 Å². The van der Waals surface area contributed by atoms with E-state index in [1.807, 2.05) is 46.3 Å². The van der Waals surface area contributed by atoms with Crippen molar-refractivity contribution in [3.8, 4) is 17.0 Å². The number of carbonyl (C=O) groups is 1. The van der Waals surface area contributed by atoms with Gasteiger partial charge < -0.3 is 35.0 Å². The Labute approximate surface area is 342 Å². The molecule has 9 rings (SSSR count). The number of aryl methyl sites for hydroxylation is 1. The first-order chi connectivity index (χ1) is 29.0. The van der Waals surface area contributed by atoms with Gasteiger partial charge in [0.05, 0.1) is 24.9 Å². The van der Waals surface area contributed by atoms with Crippen molar-refractivity contribution in [3.63, 3.8) is 0 Å². The lowest BCUT2D eigenvalue weighted by molar-refractivity contribution is 0.0177. The molecule has 0 spiro atoms. The predicted molar refractivity (Wildman–Crippen MR) is 229 cm³/mol. The van der Waals surface area contributed by atoms with Crippen molar-refractivity contribution in [3.05, 3.63) is 108 Å². The number of nitrogens with one attached hydrogen (secondary N) is 1. The molecule has 3 atom stereocenters. The zero-order valence-corrected chi connectivity index (χ0v) is 33.1. The number of likely N-dealkylation sites (tertiary alicyclic amines) is 2. The second-order valence-corrected chi connectivity index (χ2v) is 16.5. The van der Waals surface area contributed by atoms with Crippen LogP contribution in [0.15, 0.2) is 91.3 Å². The Hall–Kier alpha value is -5.46. The molecule has 58 heavy (non-hydrogen) atoms. The highest BCUT2D eigenvalue weighted by molar-refractivity contribution is 5.94. The van der Waals surface area contributed by atoms with Crippen LogP contribution >= 0.6 is 0 Å². The molecule has 4 N–H and O–H groups in total. The lowest BCUT2D eigenvalue weighted by Crippen LogP contribution is -2.50. The van der Waals surface area contributed by atoms with E-state index in [9.17, 15) is 9.90 Å². The maximum absolute atomic E-state index is 16.4. The van der Waals surface area contributed by atoms with Crippen LogP contribution in [-0.2, 0) is 7.05 Å². The third-order valence-corrected chi connectivity index (χ3v) is 12.8. The molecule has 3 saturated heterocycles. The van der Waals surface area contributed by atoms with Gasteiger partial charge in [-0.2, -0.15) is 0 Å². The Balaban J connectivity index is 0.769. The summed E-state index contributed by atoms with van der Waals surface area (Å²) >= 11 is 0. The maximum Gasteiger partial charge on any atom is 0.253 e. The van der Waals surface area contributed by atoms with Gasteiger partial charge in [0.15, 0.2) is 5.82 Å². The summed E-state index contributed by atoms with van der Waals surface area (Å²) in [5.41, 5.74) is 12.1. The minimum Gasteiger partial charge on any atom is -0.507 e. The van der Waals surface area contributed by atoms with Crippen LogP contribution < -0.4 is 20.9 Å². The maximum atomic E-state index is 16.4. The van der Waals surface area contributed by atoms with Gasteiger partial charge in [-0.05, 0) is 98.3 Å². The van der Waals surface area contributed by atoms with Crippen molar-refractivity contribution >= 4 is 34.0 Å². The molecule has 0 radical (unpaired) electrons. The molecular weight excluding hydrogens is 730 g/mol. The number of alkyl halides is 1. The first-order valence-corrected chi connectivity index (χ1v) is 20.7. The van der Waals surface area contributed by atoms with Gasteiger partial charge in [0, 0.05) is 101 Å². The topological polar surface area (TPSA) is 119 Å². The predicted octanol–water partition coefficient (Wildman–Crippen LogP) is 7.01. The van der Waals surface area contributed by atoms with E-state index in [-0.39, 0.29) is 17.6 Å². The monoisotopic (exact) mass is 785 g/mol. The minimum absolute atomic E-state index is 0.0470. The highest BCUT2D eigenvalue weighted by Gasteiger charge is 2.39. The van der Waals surface area contributed by atoms with Gasteiger partial charge in [-0.3, -0.25) is 10.1 Å². The van der Waals surface area contributed by atoms with E-state index >= 15 is 4.39 Å². The summed E-state index contributed by atoms with van der Waals surface area (Å²) in [6.45, 7) is 3.17. The molecule has 3 fully saturated rings. The third-order valence-electron chi connectivity index (χ3n) is 12.8. The number of halogens is 1. The molecule has 1 amide bonds. The van der Waals surface area contributed by atoms with Crippen molar-refractivity contribution < 1.29 is 17.0 Å². The Morgan fingerprint density at radius 1 is 0.983 bits per heavy atom. The fraction of sp³-hybridized carbons (Fsp3) is 0.413. The van der Waals surface area contributed by atoms with Gasteiger partial charge in [0.2, 0.25) is 0 Å². The number of anilines is 3. The van der Waals surface area contributed by atoms with E-state index in [2.05, 4.69) is 73.5 Å². The smallest absolute Gasteiger partial charge is 0.253 e. The summed E-state index contributed by atoms with van der Waals surface area (Å²) in [5.74, 6) is 1.08. The number of aromatic hydroxyl groups is 1. The van der Waals surface area contributed by atoms with Crippen molar-refractivity contribution in [1.29, 1.82) is 0 Å². The molecule has 0 saturated carbocycles. The molecule has 0 bridgehead atoms. The fourth-order valence-electron chi connectivity index (χ4n) is 9.49. The Morgan fingerprint density at radius 3 is 2.55 bits per heavy atom. The number of aromatic nitrogens is 3. The molecule has 12 heteroatoms. The number of nitrogen functional groups attached to an aromatic ring is 1. The molecule has 2 aromatic heterocycles. The number of hydrogen-bond donors (Lipinski definition) is 3. The summed E-state index contributed by atoms with van der Waals surface area (Å²) in [7, 11) is 2.06. The Morgan fingerprint density at radius 2 is 1.78 bits per heavy atom. The van der Waals surface area contributed by atoms with Crippen molar-refractivity contribution in [2.45, 2.75) is 56.0 Å². The Kier molecular flexibility index (Phi) is 9.88. The van der Waals surface area contributed by atoms with Crippen LogP contribution in [0.5, 0.6) is 5.75 Å². The molecule has 5 aromatic rings. The highest BCUT2D eigenvalue weighted by atomic mass is 19.1. The lowest BCUT2D eigenvalue weighted by Gasteiger charge is -2.41. The van der Waals surface area contributed by atoms with Gasteiger partial charge in [-0.25, -0.2) is 4.39 Å². The molecule has 4 aliphatic heterocycles. The summed E-state index contributed by atoms with van der Waals surface area (Å²) in [5, 5.41) is 23.0. The van der Waals surface area contributed by atoms with E-state index in [1.165, 1.54) is 10.9 Å². The number of benzene rings is 3. The summed E-state index contributed by atoms with van der Waals surface area (Å²) < 4.78 is 34.8. The van der Waals surface area contributed by atoms with Crippen LogP contribution in [-0.4, -0.2) is 100 Å². The number of para-hydroxylation sites is 1. The molecule has 302 valence electrons. The average molecular weight is 786 g/mol. The molecule has 0 aliphatic carbocycles. The van der Waals surface area contributed by atoms with Crippen LogP contribution in [0.4, 0.5) is 21.6 Å². The number of rotatable bonds is 8. The zero-order chi connectivity index (χ0) is 41.5. The molecule has 4 aliphatic rings. The first kappa shape index (κ1) is 35.7. The third kappa shape index (κ3) is 7.75. The van der Waals surface area contributed by atoms with Gasteiger partial charge in [0.1, 0.15) is 11.4 Å². The second kappa shape index (κ2) is 16.1. The van der Waals surface area contributed by atoms with E-state index < -0.39 is 18.8 Å². The summed E-state index contributed by atoms with van der Waals surface area (Å²) in [4.78, 5) is 21.8. The van der Waals surface area contributed by atoms with Crippen LogP contribution in [0.1, 0.15) is 74.6 Å².